The summed E-state index contributed by atoms with van der Waals surface area (Å²) in [5.74, 6) is 0.498. The van der Waals surface area contributed by atoms with Crippen LogP contribution in [-0.4, -0.2) is 85.7 Å². The Labute approximate surface area is 182 Å². The predicted molar refractivity (Wildman–Crippen MR) is 121 cm³/mol. The quantitative estimate of drug-likeness (QED) is 0.689. The lowest BCUT2D eigenvalue weighted by Crippen LogP contribution is -2.52. The maximum atomic E-state index is 13.0. The molecule has 2 aliphatic heterocycles. The third-order valence-electron chi connectivity index (χ3n) is 7.62. The van der Waals surface area contributed by atoms with Crippen molar-refractivity contribution in [2.24, 2.45) is 5.92 Å². The average molecular weight is 414 g/mol. The van der Waals surface area contributed by atoms with Gasteiger partial charge >= 0.3 is 0 Å². The summed E-state index contributed by atoms with van der Waals surface area (Å²) in [7, 11) is 1.71. The first-order valence-electron chi connectivity index (χ1n) is 12.0. The molecule has 1 aromatic rings. The summed E-state index contributed by atoms with van der Waals surface area (Å²) in [4.78, 5) is 20.4. The Balaban J connectivity index is 1.27. The number of piperidine rings is 2. The summed E-state index contributed by atoms with van der Waals surface area (Å²) >= 11 is 0. The van der Waals surface area contributed by atoms with Gasteiger partial charge in [0.2, 0.25) is 5.91 Å². The fourth-order valence-electron chi connectivity index (χ4n) is 5.83. The van der Waals surface area contributed by atoms with E-state index in [4.69, 9.17) is 4.74 Å². The molecule has 2 fully saturated rings. The van der Waals surface area contributed by atoms with E-state index in [1.54, 1.807) is 18.2 Å². The number of nitrogens with zero attached hydrogens (tertiary/aromatic N) is 3. The maximum Gasteiger partial charge on any atom is 0.227 e. The van der Waals surface area contributed by atoms with Crippen molar-refractivity contribution in [2.45, 2.75) is 57.5 Å². The van der Waals surface area contributed by atoms with Crippen molar-refractivity contribution in [3.63, 3.8) is 0 Å². The molecule has 0 spiro atoms. The highest BCUT2D eigenvalue weighted by molar-refractivity contribution is 5.79. The van der Waals surface area contributed by atoms with E-state index in [2.05, 4.69) is 41.0 Å². The Morgan fingerprint density at radius 3 is 2.37 bits per heavy atom. The summed E-state index contributed by atoms with van der Waals surface area (Å²) in [6, 6.07) is 10.3. The minimum atomic E-state index is 0.165. The zero-order valence-corrected chi connectivity index (χ0v) is 18.9. The second-order valence-electron chi connectivity index (χ2n) is 9.34. The van der Waals surface area contributed by atoms with Crippen LogP contribution in [0.2, 0.25) is 0 Å². The van der Waals surface area contributed by atoms with E-state index in [9.17, 15) is 4.79 Å². The molecule has 5 heteroatoms. The van der Waals surface area contributed by atoms with Crippen molar-refractivity contribution >= 4 is 5.91 Å². The SMILES string of the molecule is CCN(CCOC)C(=O)[C@@H]1CCCN(C2CCN(C3Cc4ccccc4C3)CC2)C1. The van der Waals surface area contributed by atoms with Gasteiger partial charge in [0, 0.05) is 38.8 Å². The van der Waals surface area contributed by atoms with Crippen molar-refractivity contribution in [1.29, 1.82) is 0 Å². The monoisotopic (exact) mass is 413 g/mol. The first-order valence-corrected chi connectivity index (χ1v) is 12.0. The summed E-state index contributed by atoms with van der Waals surface area (Å²) < 4.78 is 5.19. The van der Waals surface area contributed by atoms with Gasteiger partial charge in [-0.05, 0) is 76.2 Å². The number of methoxy groups -OCH3 is 1. The summed E-state index contributed by atoms with van der Waals surface area (Å²) in [6.07, 6.45) is 7.11. The minimum absolute atomic E-state index is 0.165. The predicted octanol–water partition coefficient (Wildman–Crippen LogP) is 2.83. The van der Waals surface area contributed by atoms with Gasteiger partial charge in [0.05, 0.1) is 12.5 Å². The molecule has 0 radical (unpaired) electrons. The molecule has 0 saturated carbocycles. The molecule has 3 aliphatic rings. The molecule has 1 aromatic carbocycles. The van der Waals surface area contributed by atoms with Gasteiger partial charge in [-0.3, -0.25) is 14.6 Å². The van der Waals surface area contributed by atoms with Gasteiger partial charge in [0.15, 0.2) is 0 Å². The topological polar surface area (TPSA) is 36.0 Å². The van der Waals surface area contributed by atoms with Crippen LogP contribution in [-0.2, 0) is 22.4 Å². The first-order chi connectivity index (χ1) is 14.7. The summed E-state index contributed by atoms with van der Waals surface area (Å²) in [5.41, 5.74) is 3.10. The fraction of sp³-hybridized carbons (Fsp3) is 0.720. The van der Waals surface area contributed by atoms with E-state index in [0.29, 0.717) is 31.1 Å². The molecule has 0 N–H and O–H groups in total. The second kappa shape index (κ2) is 10.3. The Bertz CT molecular complexity index is 676. The molecular formula is C25H39N3O2. The average Bonchev–Trinajstić information content (AvgIpc) is 3.24. The van der Waals surface area contributed by atoms with Gasteiger partial charge in [0.25, 0.3) is 0 Å². The molecule has 0 bridgehead atoms. The molecule has 2 saturated heterocycles. The van der Waals surface area contributed by atoms with Crippen molar-refractivity contribution in [3.8, 4) is 0 Å². The molecule has 0 aromatic heterocycles. The molecule has 2 heterocycles. The summed E-state index contributed by atoms with van der Waals surface area (Å²) in [5, 5.41) is 0. The van der Waals surface area contributed by atoms with Crippen LogP contribution in [0.4, 0.5) is 0 Å². The molecule has 30 heavy (non-hydrogen) atoms. The molecule has 1 amide bonds. The van der Waals surface area contributed by atoms with Crippen molar-refractivity contribution in [3.05, 3.63) is 35.4 Å². The number of amides is 1. The molecule has 0 unspecified atom stereocenters. The number of likely N-dealkylation sites (N-methyl/N-ethyl adjacent to an activating group) is 1. The van der Waals surface area contributed by atoms with E-state index in [0.717, 1.165) is 32.5 Å². The number of hydrogen-bond acceptors (Lipinski definition) is 4. The fourth-order valence-corrected chi connectivity index (χ4v) is 5.83. The Morgan fingerprint density at radius 2 is 1.73 bits per heavy atom. The smallest absolute Gasteiger partial charge is 0.227 e. The van der Waals surface area contributed by atoms with Crippen LogP contribution in [0.15, 0.2) is 24.3 Å². The van der Waals surface area contributed by atoms with Crippen molar-refractivity contribution in [2.75, 3.05) is 53.0 Å². The molecule has 166 valence electrons. The second-order valence-corrected chi connectivity index (χ2v) is 9.34. The van der Waals surface area contributed by atoms with Crippen LogP contribution in [0.5, 0.6) is 0 Å². The highest BCUT2D eigenvalue weighted by atomic mass is 16.5. The van der Waals surface area contributed by atoms with Crippen LogP contribution in [0.3, 0.4) is 0 Å². The third kappa shape index (κ3) is 4.90. The number of fused-ring (bicyclic) bond motifs is 1. The van der Waals surface area contributed by atoms with Crippen LogP contribution >= 0.6 is 0 Å². The van der Waals surface area contributed by atoms with E-state index in [1.807, 2.05) is 4.90 Å². The van der Waals surface area contributed by atoms with Gasteiger partial charge in [-0.2, -0.15) is 0 Å². The zero-order valence-electron chi connectivity index (χ0n) is 18.9. The molecule has 4 rings (SSSR count). The lowest BCUT2D eigenvalue weighted by atomic mass is 9.92. The van der Waals surface area contributed by atoms with E-state index >= 15 is 0 Å². The highest BCUT2D eigenvalue weighted by Gasteiger charge is 2.35. The number of ether oxygens (including phenoxy) is 1. The van der Waals surface area contributed by atoms with Crippen LogP contribution in [0.1, 0.15) is 43.7 Å². The van der Waals surface area contributed by atoms with E-state index in [1.165, 1.54) is 38.8 Å². The number of carbonyl (C=O) groups excluding carboxylic acids is 1. The molecular weight excluding hydrogens is 374 g/mol. The van der Waals surface area contributed by atoms with Gasteiger partial charge in [-0.25, -0.2) is 0 Å². The normalized spacial score (nSPS) is 24.1. The molecule has 1 atom stereocenters. The van der Waals surface area contributed by atoms with Crippen LogP contribution in [0, 0.1) is 5.92 Å². The Morgan fingerprint density at radius 1 is 1.03 bits per heavy atom. The number of hydrogen-bond donors (Lipinski definition) is 0. The molecule has 5 nitrogen and oxygen atoms in total. The van der Waals surface area contributed by atoms with E-state index < -0.39 is 0 Å². The largest absolute Gasteiger partial charge is 0.383 e. The number of likely N-dealkylation sites (tertiary alicyclic amines) is 2. The highest BCUT2D eigenvalue weighted by Crippen LogP contribution is 2.30. The van der Waals surface area contributed by atoms with Gasteiger partial charge in [-0.1, -0.05) is 24.3 Å². The molecule has 1 aliphatic carbocycles. The van der Waals surface area contributed by atoms with Crippen molar-refractivity contribution in [1.82, 2.24) is 14.7 Å². The lowest BCUT2D eigenvalue weighted by Gasteiger charge is -2.44. The maximum absolute atomic E-state index is 13.0. The minimum Gasteiger partial charge on any atom is -0.383 e. The van der Waals surface area contributed by atoms with Crippen molar-refractivity contribution < 1.29 is 9.53 Å². The number of carbonyl (C=O) groups is 1. The van der Waals surface area contributed by atoms with Crippen LogP contribution < -0.4 is 0 Å². The standard InChI is InChI=1S/C25H39N3O2/c1-3-26(15-16-30-2)25(29)22-9-6-12-28(19-22)23-10-13-27(14-11-23)24-17-20-7-4-5-8-21(20)18-24/h4-5,7-8,22-24H,3,6,9-19H2,1-2H3/t22-/m1/s1. The zero-order chi connectivity index (χ0) is 20.9. The Kier molecular flexibility index (Phi) is 7.45. The summed E-state index contributed by atoms with van der Waals surface area (Å²) in [6.45, 7) is 8.70. The number of rotatable bonds is 7. The van der Waals surface area contributed by atoms with Gasteiger partial charge in [0.1, 0.15) is 0 Å². The van der Waals surface area contributed by atoms with E-state index in [-0.39, 0.29) is 5.92 Å². The lowest BCUT2D eigenvalue weighted by molar-refractivity contribution is -0.138. The van der Waals surface area contributed by atoms with Gasteiger partial charge < -0.3 is 9.64 Å². The van der Waals surface area contributed by atoms with Crippen LogP contribution in [0.25, 0.3) is 0 Å². The Hall–Kier alpha value is -1.43. The van der Waals surface area contributed by atoms with Gasteiger partial charge in [-0.15, -0.1) is 0 Å². The number of benzene rings is 1. The third-order valence-corrected chi connectivity index (χ3v) is 7.62. The first kappa shape index (κ1) is 21.8.